The number of carboxylic acid groups (broad SMARTS) is 1. The molecule has 0 aliphatic rings. The first-order valence-corrected chi connectivity index (χ1v) is 8.10. The standard InChI is InChI=1S/C18H24N2O5/c1-18(2,3)25-17(23)19-8-5-9-24-13-7-6-12-10-15(16(21)22)20(4)14(12)11-13/h6-7,10-11H,5,8-9H2,1-4H3,(H,19,23)(H,21,22). The molecule has 0 bridgehead atoms. The van der Waals surface area contributed by atoms with E-state index >= 15 is 0 Å². The highest BCUT2D eigenvalue weighted by atomic mass is 16.6. The van der Waals surface area contributed by atoms with Gasteiger partial charge in [0.05, 0.1) is 12.1 Å². The monoisotopic (exact) mass is 348 g/mol. The Morgan fingerprint density at radius 1 is 1.24 bits per heavy atom. The third-order valence-corrected chi connectivity index (χ3v) is 3.49. The quantitative estimate of drug-likeness (QED) is 0.783. The van der Waals surface area contributed by atoms with Crippen LogP contribution >= 0.6 is 0 Å². The number of hydrogen-bond donors (Lipinski definition) is 2. The van der Waals surface area contributed by atoms with Gasteiger partial charge in [-0.1, -0.05) is 0 Å². The van der Waals surface area contributed by atoms with Gasteiger partial charge in [0.1, 0.15) is 17.0 Å². The first kappa shape index (κ1) is 18.6. The molecule has 1 aromatic carbocycles. The van der Waals surface area contributed by atoms with E-state index in [0.717, 1.165) is 10.9 Å². The van der Waals surface area contributed by atoms with Crippen LogP contribution < -0.4 is 10.1 Å². The minimum Gasteiger partial charge on any atom is -0.493 e. The molecule has 7 heteroatoms. The lowest BCUT2D eigenvalue weighted by Crippen LogP contribution is -2.33. The number of rotatable bonds is 6. The number of nitrogens with zero attached hydrogens (tertiary/aromatic N) is 1. The molecule has 25 heavy (non-hydrogen) atoms. The second-order valence-corrected chi connectivity index (χ2v) is 6.75. The van der Waals surface area contributed by atoms with Gasteiger partial charge < -0.3 is 24.5 Å². The Morgan fingerprint density at radius 2 is 1.96 bits per heavy atom. The van der Waals surface area contributed by atoms with Crippen LogP contribution in [0.15, 0.2) is 24.3 Å². The molecule has 0 saturated heterocycles. The number of carboxylic acids is 1. The van der Waals surface area contributed by atoms with Gasteiger partial charge in [0, 0.05) is 25.0 Å². The highest BCUT2D eigenvalue weighted by Crippen LogP contribution is 2.24. The summed E-state index contributed by atoms with van der Waals surface area (Å²) < 4.78 is 12.4. The maximum Gasteiger partial charge on any atom is 0.407 e. The van der Waals surface area contributed by atoms with Crippen LogP contribution in [0.5, 0.6) is 5.75 Å². The summed E-state index contributed by atoms with van der Waals surface area (Å²) in [5.74, 6) is -0.308. The molecule has 0 aliphatic carbocycles. The Labute approximate surface area is 146 Å². The van der Waals surface area contributed by atoms with Crippen molar-refractivity contribution in [3.8, 4) is 5.75 Å². The highest BCUT2D eigenvalue weighted by molar-refractivity contribution is 5.94. The SMILES string of the molecule is Cn1c(C(=O)O)cc2ccc(OCCCNC(=O)OC(C)(C)C)cc21. The van der Waals surface area contributed by atoms with Crippen molar-refractivity contribution in [1.29, 1.82) is 0 Å². The van der Waals surface area contributed by atoms with Gasteiger partial charge in [-0.05, 0) is 45.4 Å². The summed E-state index contributed by atoms with van der Waals surface area (Å²) in [6, 6.07) is 7.07. The topological polar surface area (TPSA) is 89.8 Å². The van der Waals surface area contributed by atoms with E-state index in [-0.39, 0.29) is 5.69 Å². The molecule has 2 aromatic rings. The van der Waals surface area contributed by atoms with Gasteiger partial charge in [-0.25, -0.2) is 9.59 Å². The first-order chi connectivity index (χ1) is 11.7. The summed E-state index contributed by atoms with van der Waals surface area (Å²) in [4.78, 5) is 22.7. The maximum absolute atomic E-state index is 11.5. The van der Waals surface area contributed by atoms with E-state index in [1.807, 2.05) is 32.9 Å². The first-order valence-electron chi connectivity index (χ1n) is 8.10. The third-order valence-electron chi connectivity index (χ3n) is 3.49. The van der Waals surface area contributed by atoms with Gasteiger partial charge in [-0.15, -0.1) is 0 Å². The van der Waals surface area contributed by atoms with E-state index in [2.05, 4.69) is 5.32 Å². The molecule has 0 saturated carbocycles. The zero-order valence-corrected chi connectivity index (χ0v) is 15.0. The van der Waals surface area contributed by atoms with Crippen LogP contribution in [0, 0.1) is 0 Å². The van der Waals surface area contributed by atoms with E-state index < -0.39 is 17.7 Å². The highest BCUT2D eigenvalue weighted by Gasteiger charge is 2.15. The van der Waals surface area contributed by atoms with Gasteiger partial charge in [0.2, 0.25) is 0 Å². The predicted octanol–water partition coefficient (Wildman–Crippen LogP) is 3.17. The van der Waals surface area contributed by atoms with Crippen molar-refractivity contribution < 1.29 is 24.2 Å². The number of aromatic carboxylic acids is 1. The van der Waals surface area contributed by atoms with E-state index in [1.54, 1.807) is 23.7 Å². The maximum atomic E-state index is 11.5. The number of carbonyl (C=O) groups is 2. The zero-order valence-electron chi connectivity index (χ0n) is 15.0. The van der Waals surface area contributed by atoms with E-state index in [1.165, 1.54) is 0 Å². The Kier molecular flexibility index (Phi) is 5.56. The molecular weight excluding hydrogens is 324 g/mol. The van der Waals surface area contributed by atoms with Crippen LogP contribution in [0.25, 0.3) is 10.9 Å². The number of nitrogens with one attached hydrogen (secondary N) is 1. The van der Waals surface area contributed by atoms with Crippen LogP contribution in [-0.4, -0.2) is 40.5 Å². The molecule has 2 rings (SSSR count). The van der Waals surface area contributed by atoms with Crippen LogP contribution in [0.3, 0.4) is 0 Å². The molecule has 1 heterocycles. The fourth-order valence-electron chi connectivity index (χ4n) is 2.37. The molecule has 1 aromatic heterocycles. The summed E-state index contributed by atoms with van der Waals surface area (Å²) >= 11 is 0. The lowest BCUT2D eigenvalue weighted by atomic mass is 10.2. The second kappa shape index (κ2) is 7.46. The van der Waals surface area contributed by atoms with Crippen molar-refractivity contribution in [2.75, 3.05) is 13.2 Å². The van der Waals surface area contributed by atoms with Crippen molar-refractivity contribution in [2.45, 2.75) is 32.8 Å². The van der Waals surface area contributed by atoms with Crippen LogP contribution in [-0.2, 0) is 11.8 Å². The Bertz CT molecular complexity index is 774. The van der Waals surface area contributed by atoms with Gasteiger partial charge in [0.25, 0.3) is 0 Å². The van der Waals surface area contributed by atoms with Gasteiger partial charge in [-0.2, -0.15) is 0 Å². The van der Waals surface area contributed by atoms with Crippen molar-refractivity contribution in [2.24, 2.45) is 7.05 Å². The van der Waals surface area contributed by atoms with Crippen LogP contribution in [0.4, 0.5) is 4.79 Å². The number of ether oxygens (including phenoxy) is 2. The Hall–Kier alpha value is -2.70. The number of alkyl carbamates (subject to hydrolysis) is 1. The molecule has 7 nitrogen and oxygen atoms in total. The molecule has 0 radical (unpaired) electrons. The molecule has 0 unspecified atom stereocenters. The van der Waals surface area contributed by atoms with Crippen molar-refractivity contribution in [1.82, 2.24) is 9.88 Å². The largest absolute Gasteiger partial charge is 0.493 e. The number of benzene rings is 1. The predicted molar refractivity (Wildman–Crippen MR) is 94.2 cm³/mol. The summed E-state index contributed by atoms with van der Waals surface area (Å²) in [7, 11) is 1.71. The number of aromatic nitrogens is 1. The third kappa shape index (κ3) is 5.14. The molecule has 2 N–H and O–H groups in total. The summed E-state index contributed by atoms with van der Waals surface area (Å²) in [6.45, 7) is 6.31. The van der Waals surface area contributed by atoms with Crippen LogP contribution in [0.1, 0.15) is 37.7 Å². The van der Waals surface area contributed by atoms with Gasteiger partial charge >= 0.3 is 12.1 Å². The summed E-state index contributed by atoms with van der Waals surface area (Å²) in [6.07, 6.45) is 0.184. The smallest absolute Gasteiger partial charge is 0.407 e. The molecule has 0 aliphatic heterocycles. The average molecular weight is 348 g/mol. The van der Waals surface area contributed by atoms with Gasteiger partial charge in [0.15, 0.2) is 0 Å². The van der Waals surface area contributed by atoms with Crippen molar-refractivity contribution in [3.05, 3.63) is 30.0 Å². The molecule has 0 spiro atoms. The normalized spacial score (nSPS) is 11.4. The van der Waals surface area contributed by atoms with E-state index in [0.29, 0.717) is 25.3 Å². The summed E-state index contributed by atoms with van der Waals surface area (Å²) in [5, 5.41) is 12.7. The fraction of sp³-hybridized carbons (Fsp3) is 0.444. The average Bonchev–Trinajstić information content (AvgIpc) is 2.82. The fourth-order valence-corrected chi connectivity index (χ4v) is 2.37. The molecule has 0 atom stereocenters. The number of aryl methyl sites for hydroxylation is 1. The van der Waals surface area contributed by atoms with E-state index in [4.69, 9.17) is 14.6 Å². The molecule has 136 valence electrons. The number of fused-ring (bicyclic) bond motifs is 1. The van der Waals surface area contributed by atoms with Crippen molar-refractivity contribution in [3.63, 3.8) is 0 Å². The lowest BCUT2D eigenvalue weighted by Gasteiger charge is -2.19. The van der Waals surface area contributed by atoms with Crippen molar-refractivity contribution >= 4 is 23.0 Å². The molecule has 0 fully saturated rings. The molecular formula is C18H24N2O5. The van der Waals surface area contributed by atoms with Gasteiger partial charge in [-0.3, -0.25) is 0 Å². The lowest BCUT2D eigenvalue weighted by molar-refractivity contribution is 0.0524. The number of carbonyl (C=O) groups excluding carboxylic acids is 1. The Morgan fingerprint density at radius 3 is 2.60 bits per heavy atom. The second-order valence-electron chi connectivity index (χ2n) is 6.75. The Balaban J connectivity index is 1.84. The number of hydrogen-bond acceptors (Lipinski definition) is 4. The molecule has 1 amide bonds. The summed E-state index contributed by atoms with van der Waals surface area (Å²) in [5.41, 5.74) is 0.510. The van der Waals surface area contributed by atoms with Crippen LogP contribution in [0.2, 0.25) is 0 Å². The van der Waals surface area contributed by atoms with E-state index in [9.17, 15) is 9.59 Å². The number of amides is 1. The minimum atomic E-state index is -0.964. The zero-order chi connectivity index (χ0) is 18.6. The minimum absolute atomic E-state index is 0.230.